The molecule has 0 radical (unpaired) electrons. The number of benzene rings is 1. The van der Waals surface area contributed by atoms with Crippen molar-refractivity contribution in [2.75, 3.05) is 13.1 Å². The van der Waals surface area contributed by atoms with E-state index in [9.17, 15) is 4.39 Å². The second-order valence-corrected chi connectivity index (χ2v) is 6.42. The zero-order chi connectivity index (χ0) is 13.8. The first-order valence-electron chi connectivity index (χ1n) is 6.53. The van der Waals surface area contributed by atoms with Crippen LogP contribution in [0.1, 0.15) is 33.3 Å². The molecule has 0 aliphatic carbocycles. The Hall–Kier alpha value is -0.410. The van der Waals surface area contributed by atoms with E-state index in [-0.39, 0.29) is 11.2 Å². The molecular formula is C15H23BrFN. The molecule has 102 valence electrons. The molecule has 3 heteroatoms. The van der Waals surface area contributed by atoms with E-state index in [1.807, 2.05) is 6.07 Å². The summed E-state index contributed by atoms with van der Waals surface area (Å²) in [5, 5.41) is 3.39. The van der Waals surface area contributed by atoms with Crippen LogP contribution in [0.2, 0.25) is 0 Å². The summed E-state index contributed by atoms with van der Waals surface area (Å²) in [5.41, 5.74) is 0.857. The van der Waals surface area contributed by atoms with Crippen LogP contribution in [-0.4, -0.2) is 13.1 Å². The van der Waals surface area contributed by atoms with Crippen LogP contribution < -0.4 is 5.32 Å². The molecule has 0 aliphatic heterocycles. The van der Waals surface area contributed by atoms with Gasteiger partial charge in [-0.3, -0.25) is 0 Å². The van der Waals surface area contributed by atoms with Crippen molar-refractivity contribution in [3.8, 4) is 0 Å². The summed E-state index contributed by atoms with van der Waals surface area (Å²) in [6, 6.07) is 5.17. The van der Waals surface area contributed by atoms with Crippen LogP contribution in [0.4, 0.5) is 4.39 Å². The lowest BCUT2D eigenvalue weighted by Gasteiger charge is -2.34. The summed E-state index contributed by atoms with van der Waals surface area (Å²) in [6.07, 6.45) is 0.753. The molecule has 1 nitrogen and oxygen atoms in total. The average Bonchev–Trinajstić information content (AvgIpc) is 2.31. The van der Waals surface area contributed by atoms with E-state index >= 15 is 0 Å². The second-order valence-electron chi connectivity index (χ2n) is 5.50. The van der Waals surface area contributed by atoms with Crippen LogP contribution in [0.5, 0.6) is 0 Å². The number of halogens is 2. The second kappa shape index (κ2) is 6.67. The molecule has 1 rings (SSSR count). The maximum absolute atomic E-state index is 13.8. The molecule has 1 aromatic carbocycles. The van der Waals surface area contributed by atoms with Gasteiger partial charge in [-0.2, -0.15) is 0 Å². The maximum atomic E-state index is 13.8. The van der Waals surface area contributed by atoms with Crippen LogP contribution in [-0.2, 0) is 6.42 Å². The van der Waals surface area contributed by atoms with Crippen molar-refractivity contribution in [3.05, 3.63) is 34.1 Å². The largest absolute Gasteiger partial charge is 0.316 e. The first kappa shape index (κ1) is 15.6. The molecule has 0 bridgehead atoms. The van der Waals surface area contributed by atoms with Crippen molar-refractivity contribution in [2.45, 2.75) is 34.1 Å². The van der Waals surface area contributed by atoms with Crippen LogP contribution in [0.15, 0.2) is 22.7 Å². The fourth-order valence-electron chi connectivity index (χ4n) is 2.00. The van der Waals surface area contributed by atoms with E-state index in [0.29, 0.717) is 5.92 Å². The van der Waals surface area contributed by atoms with Crippen molar-refractivity contribution >= 4 is 15.9 Å². The average molecular weight is 316 g/mol. The van der Waals surface area contributed by atoms with Crippen molar-refractivity contribution in [3.63, 3.8) is 0 Å². The molecule has 0 aliphatic rings. The molecule has 0 spiro atoms. The van der Waals surface area contributed by atoms with E-state index in [0.717, 1.165) is 29.5 Å². The fraction of sp³-hybridized carbons (Fsp3) is 0.600. The number of hydrogen-bond donors (Lipinski definition) is 1. The monoisotopic (exact) mass is 315 g/mol. The van der Waals surface area contributed by atoms with Gasteiger partial charge >= 0.3 is 0 Å². The van der Waals surface area contributed by atoms with Crippen LogP contribution >= 0.6 is 15.9 Å². The van der Waals surface area contributed by atoms with Gasteiger partial charge in [0.25, 0.3) is 0 Å². The summed E-state index contributed by atoms with van der Waals surface area (Å²) in [4.78, 5) is 0. The van der Waals surface area contributed by atoms with E-state index in [1.54, 1.807) is 6.07 Å². The molecule has 1 atom stereocenters. The molecule has 0 saturated carbocycles. The highest BCUT2D eigenvalue weighted by Crippen LogP contribution is 2.32. The normalized spacial score (nSPS) is 14.8. The molecule has 1 N–H and O–H groups in total. The summed E-state index contributed by atoms with van der Waals surface area (Å²) < 4.78 is 14.8. The Morgan fingerprint density at radius 1 is 1.39 bits per heavy atom. The van der Waals surface area contributed by atoms with Crippen LogP contribution in [0.3, 0.4) is 0 Å². The molecule has 1 unspecified atom stereocenters. The third kappa shape index (κ3) is 4.06. The molecule has 0 fully saturated rings. The lowest BCUT2D eigenvalue weighted by atomic mass is 9.74. The van der Waals surface area contributed by atoms with Gasteiger partial charge < -0.3 is 5.32 Å². The van der Waals surface area contributed by atoms with Gasteiger partial charge in [0.15, 0.2) is 0 Å². The SMILES string of the molecule is CCNCC(C)(Cc1cc(Br)ccc1F)C(C)C. The third-order valence-electron chi connectivity index (χ3n) is 3.77. The highest BCUT2D eigenvalue weighted by molar-refractivity contribution is 9.10. The molecule has 1 aromatic rings. The maximum Gasteiger partial charge on any atom is 0.126 e. The Morgan fingerprint density at radius 3 is 2.61 bits per heavy atom. The van der Waals surface area contributed by atoms with Crippen molar-refractivity contribution in [1.82, 2.24) is 5.32 Å². The number of nitrogens with one attached hydrogen (secondary N) is 1. The van der Waals surface area contributed by atoms with E-state index in [4.69, 9.17) is 0 Å². The van der Waals surface area contributed by atoms with Gasteiger partial charge in [-0.25, -0.2) is 4.39 Å². The highest BCUT2D eigenvalue weighted by atomic mass is 79.9. The molecule has 18 heavy (non-hydrogen) atoms. The molecule has 0 heterocycles. The minimum absolute atomic E-state index is 0.0671. The van der Waals surface area contributed by atoms with E-state index in [2.05, 4.69) is 48.9 Å². The van der Waals surface area contributed by atoms with E-state index < -0.39 is 0 Å². The number of rotatable bonds is 6. The van der Waals surface area contributed by atoms with Gasteiger partial charge in [-0.05, 0) is 48.1 Å². The lowest BCUT2D eigenvalue weighted by Crippen LogP contribution is -2.38. The van der Waals surface area contributed by atoms with Crippen LogP contribution in [0.25, 0.3) is 0 Å². The smallest absolute Gasteiger partial charge is 0.126 e. The van der Waals surface area contributed by atoms with Gasteiger partial charge in [0, 0.05) is 11.0 Å². The van der Waals surface area contributed by atoms with Crippen molar-refractivity contribution in [1.29, 1.82) is 0 Å². The molecule has 0 saturated heterocycles. The van der Waals surface area contributed by atoms with Crippen molar-refractivity contribution < 1.29 is 4.39 Å². The molecule has 0 amide bonds. The predicted octanol–water partition coefficient (Wildman–Crippen LogP) is 4.40. The summed E-state index contributed by atoms with van der Waals surface area (Å²) in [5.74, 6) is 0.386. The minimum atomic E-state index is -0.110. The molecule has 0 aromatic heterocycles. The highest BCUT2D eigenvalue weighted by Gasteiger charge is 2.29. The first-order chi connectivity index (χ1) is 8.39. The summed E-state index contributed by atoms with van der Waals surface area (Å²) >= 11 is 3.41. The van der Waals surface area contributed by atoms with Crippen LogP contribution in [0, 0.1) is 17.2 Å². The van der Waals surface area contributed by atoms with Gasteiger partial charge in [-0.15, -0.1) is 0 Å². The lowest BCUT2D eigenvalue weighted by molar-refractivity contribution is 0.206. The van der Waals surface area contributed by atoms with Gasteiger partial charge in [0.05, 0.1) is 0 Å². The minimum Gasteiger partial charge on any atom is -0.316 e. The topological polar surface area (TPSA) is 12.0 Å². The zero-order valence-electron chi connectivity index (χ0n) is 11.7. The Morgan fingerprint density at radius 2 is 2.06 bits per heavy atom. The Labute approximate surface area is 118 Å². The zero-order valence-corrected chi connectivity index (χ0v) is 13.3. The van der Waals surface area contributed by atoms with Gasteiger partial charge in [-0.1, -0.05) is 43.6 Å². The van der Waals surface area contributed by atoms with Gasteiger partial charge in [0.2, 0.25) is 0 Å². The Kier molecular flexibility index (Phi) is 5.80. The van der Waals surface area contributed by atoms with Gasteiger partial charge in [0.1, 0.15) is 5.82 Å². The summed E-state index contributed by atoms with van der Waals surface area (Å²) in [7, 11) is 0. The quantitative estimate of drug-likeness (QED) is 0.820. The standard InChI is InChI=1S/C15H23BrFN/c1-5-18-10-15(4,11(2)3)9-12-8-13(16)6-7-14(12)17/h6-8,11,18H,5,9-10H2,1-4H3. The van der Waals surface area contributed by atoms with Crippen molar-refractivity contribution in [2.24, 2.45) is 11.3 Å². The Bertz CT molecular complexity index is 392. The Balaban J connectivity index is 2.92. The predicted molar refractivity (Wildman–Crippen MR) is 79.3 cm³/mol. The summed E-state index contributed by atoms with van der Waals surface area (Å²) in [6.45, 7) is 10.6. The molecular weight excluding hydrogens is 293 g/mol. The third-order valence-corrected chi connectivity index (χ3v) is 4.27. The first-order valence-corrected chi connectivity index (χ1v) is 7.33. The van der Waals surface area contributed by atoms with E-state index in [1.165, 1.54) is 6.07 Å². The fourth-order valence-corrected chi connectivity index (χ4v) is 2.40. The number of hydrogen-bond acceptors (Lipinski definition) is 1.